The lowest BCUT2D eigenvalue weighted by Crippen LogP contribution is -2.59. The lowest BCUT2D eigenvalue weighted by atomic mass is 9.45. The maximum absolute atomic E-state index is 12.7. The van der Waals surface area contributed by atoms with E-state index >= 15 is 0 Å². The molecule has 0 heterocycles. The molecule has 0 amide bonds. The minimum absolute atomic E-state index is 0.201. The number of carbonyl (C=O) groups is 2. The predicted molar refractivity (Wildman–Crippen MR) is 81.8 cm³/mol. The molecule has 0 aliphatic heterocycles. The number of hydrogen-bond donors (Lipinski definition) is 0. The van der Waals surface area contributed by atoms with Gasteiger partial charge in [0.25, 0.3) is 0 Å². The molecule has 4 nitrogen and oxygen atoms in total. The third-order valence-corrected chi connectivity index (χ3v) is 5.65. The molecule has 4 rings (SSSR count). The summed E-state index contributed by atoms with van der Waals surface area (Å²) >= 11 is 0. The summed E-state index contributed by atoms with van der Waals surface area (Å²) in [6.45, 7) is 7.58. The Kier molecular flexibility index (Phi) is 4.11. The molecule has 0 N–H and O–H groups in total. The molecule has 3 unspecified atom stereocenters. The first-order valence-corrected chi connectivity index (χ1v) is 8.16. The first kappa shape index (κ1) is 15.3. The second kappa shape index (κ2) is 5.90. The summed E-state index contributed by atoms with van der Waals surface area (Å²) in [4.78, 5) is 25.3. The first-order chi connectivity index (χ1) is 10.6. The van der Waals surface area contributed by atoms with Crippen LogP contribution in [0.1, 0.15) is 32.1 Å². The van der Waals surface area contributed by atoms with Crippen LogP contribution in [0.2, 0.25) is 0 Å². The van der Waals surface area contributed by atoms with Crippen molar-refractivity contribution < 1.29 is 19.1 Å². The summed E-state index contributed by atoms with van der Waals surface area (Å²) in [5, 5.41) is 0. The molecule has 0 radical (unpaired) electrons. The van der Waals surface area contributed by atoms with Crippen molar-refractivity contribution >= 4 is 11.9 Å². The quantitative estimate of drug-likeness (QED) is 0.559. The van der Waals surface area contributed by atoms with E-state index in [0.29, 0.717) is 11.8 Å². The second-order valence-corrected chi connectivity index (χ2v) is 7.05. The van der Waals surface area contributed by atoms with Crippen LogP contribution in [0.3, 0.4) is 0 Å². The fourth-order valence-corrected chi connectivity index (χ4v) is 5.26. The van der Waals surface area contributed by atoms with Crippen LogP contribution >= 0.6 is 0 Å². The summed E-state index contributed by atoms with van der Waals surface area (Å²) in [7, 11) is 0. The Labute approximate surface area is 131 Å². The Hall–Kier alpha value is -1.58. The summed E-state index contributed by atoms with van der Waals surface area (Å²) in [5.41, 5.74) is -0.671. The highest BCUT2D eigenvalue weighted by molar-refractivity contribution is 5.86. The van der Waals surface area contributed by atoms with E-state index in [0.717, 1.165) is 25.7 Å². The van der Waals surface area contributed by atoms with Crippen molar-refractivity contribution in [2.24, 2.45) is 29.1 Å². The molecule has 4 fully saturated rings. The van der Waals surface area contributed by atoms with Crippen LogP contribution in [-0.2, 0) is 19.1 Å². The number of ether oxygens (including phenoxy) is 2. The van der Waals surface area contributed by atoms with Crippen molar-refractivity contribution in [2.75, 3.05) is 13.2 Å². The van der Waals surface area contributed by atoms with Crippen LogP contribution in [0, 0.1) is 29.1 Å². The van der Waals surface area contributed by atoms with Crippen molar-refractivity contribution in [3.8, 4) is 0 Å². The van der Waals surface area contributed by atoms with Crippen molar-refractivity contribution in [3.63, 3.8) is 0 Å². The van der Waals surface area contributed by atoms with E-state index in [4.69, 9.17) is 9.47 Å². The molecular formula is C18H24O4. The van der Waals surface area contributed by atoms with Gasteiger partial charge in [0, 0.05) is 0 Å². The number of hydrogen-bond acceptors (Lipinski definition) is 4. The Morgan fingerprint density at radius 2 is 1.59 bits per heavy atom. The van der Waals surface area contributed by atoms with E-state index < -0.39 is 5.41 Å². The Bertz CT molecular complexity index is 481. The molecule has 4 aliphatic rings. The standard InChI is InChI=1S/C18H24O4/c1-3-5-21-16(19)15-14-8-12-7-13(9-14)11-18(15,10-12)17(20)22-6-4-2/h3-4,12-15H,1-2,5-11H2. The highest BCUT2D eigenvalue weighted by Crippen LogP contribution is 2.63. The topological polar surface area (TPSA) is 52.6 Å². The van der Waals surface area contributed by atoms with E-state index in [1.54, 1.807) is 12.2 Å². The van der Waals surface area contributed by atoms with Gasteiger partial charge in [-0.15, -0.1) is 0 Å². The van der Waals surface area contributed by atoms with Gasteiger partial charge in [-0.2, -0.15) is 0 Å². The fraction of sp³-hybridized carbons (Fsp3) is 0.667. The number of esters is 2. The van der Waals surface area contributed by atoms with Crippen LogP contribution in [0.5, 0.6) is 0 Å². The molecular weight excluding hydrogens is 280 g/mol. The van der Waals surface area contributed by atoms with Crippen molar-refractivity contribution in [3.05, 3.63) is 25.3 Å². The van der Waals surface area contributed by atoms with E-state index in [9.17, 15) is 9.59 Å². The van der Waals surface area contributed by atoms with Crippen LogP contribution in [0.15, 0.2) is 25.3 Å². The van der Waals surface area contributed by atoms with Gasteiger partial charge in [0.1, 0.15) is 13.2 Å². The molecule has 22 heavy (non-hydrogen) atoms. The van der Waals surface area contributed by atoms with Crippen LogP contribution in [0.25, 0.3) is 0 Å². The first-order valence-electron chi connectivity index (χ1n) is 8.16. The number of rotatable bonds is 6. The lowest BCUT2D eigenvalue weighted by Gasteiger charge is -2.58. The summed E-state index contributed by atoms with van der Waals surface area (Å²) in [6.07, 6.45) is 7.96. The van der Waals surface area contributed by atoms with Crippen molar-refractivity contribution in [1.82, 2.24) is 0 Å². The zero-order valence-electron chi connectivity index (χ0n) is 13.0. The molecule has 3 atom stereocenters. The van der Waals surface area contributed by atoms with Gasteiger partial charge in [-0.3, -0.25) is 9.59 Å². The third-order valence-electron chi connectivity index (χ3n) is 5.65. The van der Waals surface area contributed by atoms with E-state index in [-0.39, 0.29) is 37.0 Å². The molecule has 4 saturated carbocycles. The SMILES string of the molecule is C=CCOC(=O)C1C2CC3CC(C2)CC1(C(=O)OCC=C)C3. The number of carbonyl (C=O) groups excluding carboxylic acids is 2. The molecule has 0 aromatic heterocycles. The largest absolute Gasteiger partial charge is 0.461 e. The Morgan fingerprint density at radius 3 is 2.18 bits per heavy atom. The predicted octanol–water partition coefficient (Wildman–Crippen LogP) is 2.89. The van der Waals surface area contributed by atoms with Gasteiger partial charge in [0.15, 0.2) is 0 Å². The highest BCUT2D eigenvalue weighted by atomic mass is 16.5. The molecule has 0 aromatic rings. The molecule has 0 saturated heterocycles. The minimum Gasteiger partial charge on any atom is -0.461 e. The summed E-state index contributed by atoms with van der Waals surface area (Å²) in [6, 6.07) is 0. The van der Waals surface area contributed by atoms with Crippen LogP contribution in [0.4, 0.5) is 0 Å². The van der Waals surface area contributed by atoms with Gasteiger partial charge in [-0.1, -0.05) is 25.3 Å². The normalized spacial score (nSPS) is 38.4. The van der Waals surface area contributed by atoms with Crippen molar-refractivity contribution in [2.45, 2.75) is 32.1 Å². The van der Waals surface area contributed by atoms with Crippen LogP contribution < -0.4 is 0 Å². The minimum atomic E-state index is -0.671. The molecule has 0 spiro atoms. The Balaban J connectivity index is 1.87. The third kappa shape index (κ3) is 2.38. The van der Waals surface area contributed by atoms with Gasteiger partial charge >= 0.3 is 11.9 Å². The maximum atomic E-state index is 12.7. The van der Waals surface area contributed by atoms with Gasteiger partial charge < -0.3 is 9.47 Å². The zero-order valence-corrected chi connectivity index (χ0v) is 13.0. The zero-order chi connectivity index (χ0) is 15.7. The Morgan fingerprint density at radius 1 is 1.00 bits per heavy atom. The van der Waals surface area contributed by atoms with Crippen molar-refractivity contribution in [1.29, 1.82) is 0 Å². The van der Waals surface area contributed by atoms with E-state index in [1.807, 2.05) is 0 Å². The maximum Gasteiger partial charge on any atom is 0.313 e. The smallest absolute Gasteiger partial charge is 0.313 e. The van der Waals surface area contributed by atoms with Crippen LogP contribution in [-0.4, -0.2) is 25.2 Å². The van der Waals surface area contributed by atoms with Gasteiger partial charge in [-0.25, -0.2) is 0 Å². The monoisotopic (exact) mass is 304 g/mol. The average molecular weight is 304 g/mol. The van der Waals surface area contributed by atoms with Gasteiger partial charge in [0.05, 0.1) is 11.3 Å². The summed E-state index contributed by atoms with van der Waals surface area (Å²) < 4.78 is 10.7. The molecule has 120 valence electrons. The summed E-state index contributed by atoms with van der Waals surface area (Å²) in [5.74, 6) is 0.540. The molecule has 4 aliphatic carbocycles. The fourth-order valence-electron chi connectivity index (χ4n) is 5.26. The van der Waals surface area contributed by atoms with E-state index in [1.165, 1.54) is 6.42 Å². The molecule has 4 bridgehead atoms. The average Bonchev–Trinajstić information content (AvgIpc) is 2.49. The second-order valence-electron chi connectivity index (χ2n) is 7.05. The lowest BCUT2D eigenvalue weighted by molar-refractivity contribution is -0.195. The van der Waals surface area contributed by atoms with Gasteiger partial charge in [0.2, 0.25) is 0 Å². The van der Waals surface area contributed by atoms with Gasteiger partial charge in [-0.05, 0) is 49.9 Å². The molecule has 4 heteroatoms. The van der Waals surface area contributed by atoms with E-state index in [2.05, 4.69) is 13.2 Å². The molecule has 0 aromatic carbocycles. The highest BCUT2D eigenvalue weighted by Gasteiger charge is 2.64.